The molecule has 0 unspecified atom stereocenters. The largest absolute Gasteiger partial charge is 0.320 e. The van der Waals surface area contributed by atoms with Gasteiger partial charge in [-0.15, -0.1) is 12.4 Å². The first-order valence-corrected chi connectivity index (χ1v) is 2.07. The highest BCUT2D eigenvalue weighted by molar-refractivity contribution is 5.85. The molecule has 0 amide bonds. The second-order valence-electron chi connectivity index (χ2n) is 1.06. The average molecular weight is 137 g/mol. The molecule has 0 aliphatic carbocycles. The van der Waals surface area contributed by atoms with Crippen molar-refractivity contribution in [2.75, 3.05) is 20.1 Å². The lowest BCUT2D eigenvalue weighted by molar-refractivity contribution is 0.798. The van der Waals surface area contributed by atoms with E-state index in [9.17, 15) is 0 Å². The molecule has 0 saturated heterocycles. The predicted molar refractivity (Wildman–Crippen MR) is 35.2 cm³/mol. The fraction of sp³-hybridized carbons (Fsp3) is 1.00. The minimum absolute atomic E-state index is 0. The van der Waals surface area contributed by atoms with Crippen molar-refractivity contribution < 1.29 is 0 Å². The van der Waals surface area contributed by atoms with E-state index in [0.29, 0.717) is 6.54 Å². The van der Waals surface area contributed by atoms with Gasteiger partial charge in [0.15, 0.2) is 0 Å². The summed E-state index contributed by atoms with van der Waals surface area (Å²) < 4.78 is 0. The third-order valence-electron chi connectivity index (χ3n) is 0.525. The normalized spacial score (nSPS) is 6.62. The molecule has 0 bridgehead atoms. The molecular formula is C3H9ClN4. The lowest BCUT2D eigenvalue weighted by Crippen LogP contribution is -2.09. The van der Waals surface area contributed by atoms with Crippen LogP contribution in [-0.4, -0.2) is 20.1 Å². The first-order valence-electron chi connectivity index (χ1n) is 2.07. The molecule has 0 aliphatic heterocycles. The molecule has 4 nitrogen and oxygen atoms in total. The number of azide groups is 1. The second kappa shape index (κ2) is 9.75. The van der Waals surface area contributed by atoms with Crippen molar-refractivity contribution in [2.24, 2.45) is 5.11 Å². The van der Waals surface area contributed by atoms with Gasteiger partial charge in [-0.2, -0.15) is 0 Å². The smallest absolute Gasteiger partial charge is 0.0383 e. The highest BCUT2D eigenvalue weighted by Gasteiger charge is 1.71. The summed E-state index contributed by atoms with van der Waals surface area (Å²) >= 11 is 0. The highest BCUT2D eigenvalue weighted by Crippen LogP contribution is 1.64. The van der Waals surface area contributed by atoms with E-state index in [4.69, 9.17) is 5.53 Å². The summed E-state index contributed by atoms with van der Waals surface area (Å²) in [7, 11) is 1.81. The summed E-state index contributed by atoms with van der Waals surface area (Å²) in [6, 6.07) is 0. The quantitative estimate of drug-likeness (QED) is 0.267. The van der Waals surface area contributed by atoms with E-state index in [1.54, 1.807) is 0 Å². The zero-order chi connectivity index (χ0) is 5.54. The molecule has 0 radical (unpaired) electrons. The number of nitrogens with zero attached hydrogens (tertiary/aromatic N) is 3. The van der Waals surface area contributed by atoms with Crippen molar-refractivity contribution >= 4 is 12.4 Å². The Kier molecular flexibility index (Phi) is 12.8. The van der Waals surface area contributed by atoms with Crippen LogP contribution in [0.4, 0.5) is 0 Å². The number of hydrogen-bond donors (Lipinski definition) is 1. The van der Waals surface area contributed by atoms with Gasteiger partial charge >= 0.3 is 0 Å². The fourth-order valence-electron chi connectivity index (χ4n) is 0.207. The van der Waals surface area contributed by atoms with Crippen LogP contribution in [0, 0.1) is 0 Å². The van der Waals surface area contributed by atoms with Crippen LogP contribution < -0.4 is 5.32 Å². The predicted octanol–water partition coefficient (Wildman–Crippen LogP) is 0.938. The molecule has 0 aromatic rings. The van der Waals surface area contributed by atoms with Crippen LogP contribution in [0.1, 0.15) is 0 Å². The fourth-order valence-corrected chi connectivity index (χ4v) is 0.207. The second-order valence-corrected chi connectivity index (χ2v) is 1.06. The number of rotatable bonds is 3. The molecule has 8 heavy (non-hydrogen) atoms. The summed E-state index contributed by atoms with van der Waals surface area (Å²) in [6.45, 7) is 1.29. The summed E-state index contributed by atoms with van der Waals surface area (Å²) in [5.41, 5.74) is 7.72. The van der Waals surface area contributed by atoms with Crippen LogP contribution in [0.3, 0.4) is 0 Å². The maximum Gasteiger partial charge on any atom is 0.0383 e. The lowest BCUT2D eigenvalue weighted by Gasteiger charge is -1.85. The van der Waals surface area contributed by atoms with Crippen LogP contribution in [0.25, 0.3) is 10.4 Å². The highest BCUT2D eigenvalue weighted by atomic mass is 35.5. The van der Waals surface area contributed by atoms with Crippen LogP contribution in [0.5, 0.6) is 0 Å². The zero-order valence-corrected chi connectivity index (χ0v) is 5.48. The standard InChI is InChI=1S/C3H8N4.ClH/c1-5-2-3-6-7-4;/h5H,2-3H2,1H3;1H. The molecule has 1 N–H and O–H groups in total. The molecule has 0 fully saturated rings. The first kappa shape index (κ1) is 10.5. The van der Waals surface area contributed by atoms with Crippen molar-refractivity contribution in [3.05, 3.63) is 10.4 Å². The van der Waals surface area contributed by atoms with Gasteiger partial charge in [-0.1, -0.05) is 5.11 Å². The third kappa shape index (κ3) is 9.12. The Hall–Kier alpha value is -0.440. The Morgan fingerprint density at radius 2 is 2.38 bits per heavy atom. The van der Waals surface area contributed by atoms with E-state index in [1.807, 2.05) is 7.05 Å². The molecule has 0 rings (SSSR count). The van der Waals surface area contributed by atoms with Gasteiger partial charge in [-0.05, 0) is 12.6 Å². The van der Waals surface area contributed by atoms with Crippen molar-refractivity contribution in [1.29, 1.82) is 0 Å². The third-order valence-corrected chi connectivity index (χ3v) is 0.525. The van der Waals surface area contributed by atoms with E-state index in [0.717, 1.165) is 6.54 Å². The molecule has 0 atom stereocenters. The van der Waals surface area contributed by atoms with Gasteiger partial charge in [0.25, 0.3) is 0 Å². The summed E-state index contributed by atoms with van der Waals surface area (Å²) in [5, 5.41) is 6.12. The van der Waals surface area contributed by atoms with Gasteiger partial charge in [0, 0.05) is 18.0 Å². The molecule has 0 aromatic heterocycles. The molecule has 0 heterocycles. The van der Waals surface area contributed by atoms with E-state index in [-0.39, 0.29) is 12.4 Å². The SMILES string of the molecule is CNCCN=[N+]=[N-].Cl. The van der Waals surface area contributed by atoms with Crippen molar-refractivity contribution in [3.8, 4) is 0 Å². The Morgan fingerprint density at radius 1 is 1.75 bits per heavy atom. The number of likely N-dealkylation sites (N-methyl/N-ethyl adjacent to an activating group) is 1. The molecular weight excluding hydrogens is 128 g/mol. The maximum absolute atomic E-state index is 7.72. The minimum Gasteiger partial charge on any atom is -0.320 e. The maximum atomic E-state index is 7.72. The van der Waals surface area contributed by atoms with Gasteiger partial charge in [0.2, 0.25) is 0 Å². The van der Waals surface area contributed by atoms with Gasteiger partial charge in [-0.3, -0.25) is 0 Å². The van der Waals surface area contributed by atoms with E-state index >= 15 is 0 Å². The van der Waals surface area contributed by atoms with E-state index in [2.05, 4.69) is 15.3 Å². The molecule has 5 heteroatoms. The molecule has 48 valence electrons. The van der Waals surface area contributed by atoms with Crippen molar-refractivity contribution in [1.82, 2.24) is 5.32 Å². The zero-order valence-electron chi connectivity index (χ0n) is 4.66. The summed E-state index contributed by atoms with van der Waals surface area (Å²) in [6.07, 6.45) is 0. The number of nitrogens with one attached hydrogen (secondary N) is 1. The van der Waals surface area contributed by atoms with Crippen molar-refractivity contribution in [2.45, 2.75) is 0 Å². The van der Waals surface area contributed by atoms with Crippen LogP contribution in [-0.2, 0) is 0 Å². The summed E-state index contributed by atoms with van der Waals surface area (Å²) in [5.74, 6) is 0. The Morgan fingerprint density at radius 3 is 2.75 bits per heavy atom. The Labute approximate surface area is 54.3 Å². The summed E-state index contributed by atoms with van der Waals surface area (Å²) in [4.78, 5) is 2.56. The molecule has 0 aliphatic rings. The van der Waals surface area contributed by atoms with Crippen LogP contribution >= 0.6 is 12.4 Å². The van der Waals surface area contributed by atoms with E-state index < -0.39 is 0 Å². The van der Waals surface area contributed by atoms with E-state index in [1.165, 1.54) is 0 Å². The monoisotopic (exact) mass is 136 g/mol. The molecule has 0 saturated carbocycles. The molecule has 0 aromatic carbocycles. The van der Waals surface area contributed by atoms with Gasteiger partial charge in [0.05, 0.1) is 0 Å². The van der Waals surface area contributed by atoms with Crippen molar-refractivity contribution in [3.63, 3.8) is 0 Å². The van der Waals surface area contributed by atoms with Gasteiger partial charge in [-0.25, -0.2) is 0 Å². The minimum atomic E-state index is 0. The van der Waals surface area contributed by atoms with Crippen LogP contribution in [0.15, 0.2) is 5.11 Å². The average Bonchev–Trinajstić information content (AvgIpc) is 1.69. The van der Waals surface area contributed by atoms with Gasteiger partial charge < -0.3 is 5.32 Å². The lowest BCUT2D eigenvalue weighted by atomic mass is 10.7. The number of halogens is 1. The Balaban J connectivity index is 0. The molecule has 0 spiro atoms. The first-order chi connectivity index (χ1) is 3.41. The topological polar surface area (TPSA) is 60.8 Å². The van der Waals surface area contributed by atoms with Gasteiger partial charge in [0.1, 0.15) is 0 Å². The Bertz CT molecular complexity index is 77.4. The van der Waals surface area contributed by atoms with Crippen LogP contribution in [0.2, 0.25) is 0 Å². The number of hydrogen-bond acceptors (Lipinski definition) is 2.